The fourth-order valence-corrected chi connectivity index (χ4v) is 4.92. The van der Waals surface area contributed by atoms with Gasteiger partial charge in [-0.25, -0.2) is 9.78 Å². The molecule has 0 atom stereocenters. The third-order valence-corrected chi connectivity index (χ3v) is 6.83. The SMILES string of the molecule is Cc1nn(C)c2nc(-c3cccs3)cc(C(=O)OCC(=O)Nc3c(C(C)C)cccc3C(C)C)c12. The molecule has 0 aliphatic rings. The highest BCUT2D eigenvalue weighted by Gasteiger charge is 2.22. The molecule has 3 heterocycles. The summed E-state index contributed by atoms with van der Waals surface area (Å²) in [6.45, 7) is 9.79. The first-order valence-electron chi connectivity index (χ1n) is 11.6. The number of anilines is 1. The minimum Gasteiger partial charge on any atom is -0.452 e. The maximum absolute atomic E-state index is 13.2. The number of nitrogens with zero attached hydrogens (tertiary/aromatic N) is 3. The van der Waals surface area contributed by atoms with Crippen LogP contribution in [0.5, 0.6) is 0 Å². The molecule has 4 aromatic rings. The van der Waals surface area contributed by atoms with Gasteiger partial charge in [-0.1, -0.05) is 52.0 Å². The number of hydrogen-bond donors (Lipinski definition) is 1. The summed E-state index contributed by atoms with van der Waals surface area (Å²) in [5, 5.41) is 10.0. The maximum atomic E-state index is 13.2. The fraction of sp³-hybridized carbons (Fsp3) is 0.333. The Morgan fingerprint density at radius 2 is 1.77 bits per heavy atom. The summed E-state index contributed by atoms with van der Waals surface area (Å²) in [6.07, 6.45) is 0. The van der Waals surface area contributed by atoms with Crippen LogP contribution in [0.1, 0.15) is 66.7 Å². The van der Waals surface area contributed by atoms with E-state index in [1.165, 1.54) is 11.3 Å². The Morgan fingerprint density at radius 3 is 2.37 bits per heavy atom. The second-order valence-electron chi connectivity index (χ2n) is 9.19. The Hall–Kier alpha value is -3.52. The summed E-state index contributed by atoms with van der Waals surface area (Å²) in [5.41, 5.74) is 5.19. The highest BCUT2D eigenvalue weighted by Crippen LogP contribution is 2.33. The van der Waals surface area contributed by atoms with Gasteiger partial charge in [0.15, 0.2) is 12.3 Å². The number of ether oxygens (including phenoxy) is 1. The number of benzene rings is 1. The lowest BCUT2D eigenvalue weighted by molar-refractivity contribution is -0.119. The van der Waals surface area contributed by atoms with Crippen molar-refractivity contribution in [2.45, 2.75) is 46.5 Å². The molecular formula is C27H30N4O3S. The lowest BCUT2D eigenvalue weighted by Gasteiger charge is -2.20. The molecule has 3 aromatic heterocycles. The van der Waals surface area contributed by atoms with E-state index in [1.54, 1.807) is 17.8 Å². The number of rotatable bonds is 7. The van der Waals surface area contributed by atoms with Crippen molar-refractivity contribution in [3.05, 3.63) is 64.2 Å². The van der Waals surface area contributed by atoms with Gasteiger partial charge in [0.1, 0.15) is 0 Å². The number of aromatic nitrogens is 3. The first-order valence-corrected chi connectivity index (χ1v) is 12.5. The number of thiophene rings is 1. The molecule has 0 spiro atoms. The normalized spacial score (nSPS) is 11.4. The summed E-state index contributed by atoms with van der Waals surface area (Å²) >= 11 is 1.54. The molecule has 0 fully saturated rings. The molecule has 8 heteroatoms. The van der Waals surface area contributed by atoms with Crippen LogP contribution in [-0.2, 0) is 16.6 Å². The molecular weight excluding hydrogens is 460 g/mol. The van der Waals surface area contributed by atoms with Crippen molar-refractivity contribution in [1.82, 2.24) is 14.8 Å². The largest absolute Gasteiger partial charge is 0.452 e. The van der Waals surface area contributed by atoms with E-state index in [-0.39, 0.29) is 24.3 Å². The number of hydrogen-bond acceptors (Lipinski definition) is 6. The molecule has 35 heavy (non-hydrogen) atoms. The summed E-state index contributed by atoms with van der Waals surface area (Å²) in [6, 6.07) is 11.6. The smallest absolute Gasteiger partial charge is 0.339 e. The molecule has 182 valence electrons. The average Bonchev–Trinajstić information content (AvgIpc) is 3.45. The molecule has 0 saturated heterocycles. The summed E-state index contributed by atoms with van der Waals surface area (Å²) in [4.78, 5) is 31.7. The van der Waals surface area contributed by atoms with Gasteiger partial charge in [0.2, 0.25) is 0 Å². The van der Waals surface area contributed by atoms with Crippen LogP contribution in [0.15, 0.2) is 41.8 Å². The third-order valence-electron chi connectivity index (χ3n) is 5.93. The molecule has 1 aromatic carbocycles. The van der Waals surface area contributed by atoms with Crippen LogP contribution in [0, 0.1) is 6.92 Å². The Bertz CT molecular complexity index is 1360. The molecule has 7 nitrogen and oxygen atoms in total. The van der Waals surface area contributed by atoms with Crippen LogP contribution in [0.25, 0.3) is 21.6 Å². The van der Waals surface area contributed by atoms with Gasteiger partial charge in [-0.3, -0.25) is 9.48 Å². The van der Waals surface area contributed by atoms with Crippen LogP contribution in [0.4, 0.5) is 5.69 Å². The number of para-hydroxylation sites is 1. The topological polar surface area (TPSA) is 86.1 Å². The van der Waals surface area contributed by atoms with E-state index in [2.05, 4.69) is 38.1 Å². The lowest BCUT2D eigenvalue weighted by Crippen LogP contribution is -2.23. The second kappa shape index (κ2) is 10.00. The Morgan fingerprint density at radius 1 is 1.09 bits per heavy atom. The van der Waals surface area contributed by atoms with E-state index >= 15 is 0 Å². The van der Waals surface area contributed by atoms with E-state index in [9.17, 15) is 9.59 Å². The van der Waals surface area contributed by atoms with E-state index in [0.29, 0.717) is 28.0 Å². The molecule has 0 aliphatic carbocycles. The molecule has 0 aliphatic heterocycles. The summed E-state index contributed by atoms with van der Waals surface area (Å²) in [7, 11) is 1.79. The molecule has 0 radical (unpaired) electrons. The number of pyridine rings is 1. The van der Waals surface area contributed by atoms with E-state index in [4.69, 9.17) is 9.72 Å². The van der Waals surface area contributed by atoms with Crippen molar-refractivity contribution in [3.63, 3.8) is 0 Å². The van der Waals surface area contributed by atoms with Crippen LogP contribution in [-0.4, -0.2) is 33.2 Å². The van der Waals surface area contributed by atoms with Crippen molar-refractivity contribution >= 4 is 39.9 Å². The molecule has 0 unspecified atom stereocenters. The van der Waals surface area contributed by atoms with Crippen LogP contribution in [0.2, 0.25) is 0 Å². The van der Waals surface area contributed by atoms with Gasteiger partial charge in [0, 0.05) is 12.7 Å². The Kier molecular flexibility index (Phi) is 7.03. The number of fused-ring (bicyclic) bond motifs is 1. The maximum Gasteiger partial charge on any atom is 0.339 e. The number of aryl methyl sites for hydroxylation is 2. The molecule has 0 bridgehead atoms. The quantitative estimate of drug-likeness (QED) is 0.319. The van der Waals surface area contributed by atoms with Gasteiger partial charge in [-0.2, -0.15) is 5.10 Å². The molecule has 1 amide bonds. The van der Waals surface area contributed by atoms with E-state index < -0.39 is 5.97 Å². The van der Waals surface area contributed by atoms with Gasteiger partial charge >= 0.3 is 5.97 Å². The number of carbonyl (C=O) groups is 2. The Labute approximate surface area is 209 Å². The van der Waals surface area contributed by atoms with Crippen molar-refractivity contribution < 1.29 is 14.3 Å². The standard InChI is InChI=1S/C27H30N4O3S/c1-15(2)18-9-7-10-19(16(3)4)25(18)29-23(32)14-34-27(33)20-13-21(22-11-8-12-35-22)28-26-24(20)17(5)30-31(26)6/h7-13,15-16H,14H2,1-6H3,(H,29,32). The first kappa shape index (κ1) is 24.6. The number of nitrogens with one attached hydrogen (secondary N) is 1. The van der Waals surface area contributed by atoms with E-state index in [0.717, 1.165) is 21.7 Å². The summed E-state index contributed by atoms with van der Waals surface area (Å²) < 4.78 is 7.15. The zero-order valence-corrected chi connectivity index (χ0v) is 21.7. The highest BCUT2D eigenvalue weighted by atomic mass is 32.1. The highest BCUT2D eigenvalue weighted by molar-refractivity contribution is 7.13. The van der Waals surface area contributed by atoms with Crippen molar-refractivity contribution in [1.29, 1.82) is 0 Å². The van der Waals surface area contributed by atoms with E-state index in [1.807, 2.05) is 42.6 Å². The van der Waals surface area contributed by atoms with Crippen molar-refractivity contribution in [2.75, 3.05) is 11.9 Å². The van der Waals surface area contributed by atoms with Gasteiger partial charge < -0.3 is 10.1 Å². The number of amides is 1. The average molecular weight is 491 g/mol. The number of esters is 1. The molecule has 1 N–H and O–H groups in total. The van der Waals surface area contributed by atoms with Gasteiger partial charge in [0.05, 0.1) is 27.2 Å². The lowest BCUT2D eigenvalue weighted by atomic mass is 9.92. The van der Waals surface area contributed by atoms with Crippen molar-refractivity contribution in [3.8, 4) is 10.6 Å². The first-order chi connectivity index (χ1) is 16.7. The fourth-order valence-electron chi connectivity index (χ4n) is 4.24. The minimum absolute atomic E-state index is 0.237. The minimum atomic E-state index is -0.581. The Balaban J connectivity index is 1.59. The van der Waals surface area contributed by atoms with Crippen LogP contribution in [0.3, 0.4) is 0 Å². The van der Waals surface area contributed by atoms with Crippen LogP contribution < -0.4 is 5.32 Å². The molecule has 4 rings (SSSR count). The zero-order valence-electron chi connectivity index (χ0n) is 20.9. The third kappa shape index (κ3) is 4.98. The predicted molar refractivity (Wildman–Crippen MR) is 140 cm³/mol. The predicted octanol–water partition coefficient (Wildman–Crippen LogP) is 6.05. The van der Waals surface area contributed by atoms with Gasteiger partial charge in [-0.05, 0) is 47.4 Å². The number of carbonyl (C=O) groups excluding carboxylic acids is 2. The van der Waals surface area contributed by atoms with Crippen LogP contribution >= 0.6 is 11.3 Å². The summed E-state index contributed by atoms with van der Waals surface area (Å²) in [5.74, 6) is -0.482. The zero-order chi connectivity index (χ0) is 25.3. The monoisotopic (exact) mass is 490 g/mol. The van der Waals surface area contributed by atoms with Crippen molar-refractivity contribution in [2.24, 2.45) is 7.05 Å². The van der Waals surface area contributed by atoms with Gasteiger partial charge in [0.25, 0.3) is 5.91 Å². The molecule has 0 saturated carbocycles. The van der Waals surface area contributed by atoms with Gasteiger partial charge in [-0.15, -0.1) is 11.3 Å². The second-order valence-corrected chi connectivity index (χ2v) is 10.1.